The molecule has 0 aliphatic carbocycles. The highest BCUT2D eigenvalue weighted by molar-refractivity contribution is 7.93. The molecule has 0 spiro atoms. The van der Waals surface area contributed by atoms with E-state index in [1.54, 1.807) is 48.7 Å². The second-order valence-electron chi connectivity index (χ2n) is 7.43. The number of sulfonamides is 1. The molecule has 0 fully saturated rings. The molecule has 0 radical (unpaired) electrons. The maximum atomic E-state index is 13.1. The Morgan fingerprint density at radius 1 is 1.10 bits per heavy atom. The van der Waals surface area contributed by atoms with Crippen LogP contribution in [-0.4, -0.2) is 36.1 Å². The maximum Gasteiger partial charge on any atom is 0.240 e. The third kappa shape index (κ3) is 4.47. The Balaban J connectivity index is 2.07. The molecule has 1 atom stereocenters. The molecule has 0 aliphatic rings. The zero-order chi connectivity index (χ0) is 21.9. The van der Waals surface area contributed by atoms with Gasteiger partial charge in [0.25, 0.3) is 0 Å². The van der Waals surface area contributed by atoms with Gasteiger partial charge in [-0.25, -0.2) is 8.42 Å². The van der Waals surface area contributed by atoms with Crippen LogP contribution in [0.4, 0.5) is 5.69 Å². The monoisotopic (exact) mass is 426 g/mol. The first-order chi connectivity index (χ1) is 14.2. The van der Waals surface area contributed by atoms with Crippen molar-refractivity contribution in [3.05, 3.63) is 88.7 Å². The summed E-state index contributed by atoms with van der Waals surface area (Å²) in [7, 11) is -3.85. The zero-order valence-corrected chi connectivity index (χ0v) is 18.1. The molecule has 158 valence electrons. The number of carbonyl (C=O) groups is 1. The first-order valence-corrected chi connectivity index (χ1v) is 11.2. The molecule has 1 aromatic heterocycles. The summed E-state index contributed by atoms with van der Waals surface area (Å²) in [5, 5.41) is 8.50. The van der Waals surface area contributed by atoms with Crippen molar-refractivity contribution < 1.29 is 18.3 Å². The highest BCUT2D eigenvalue weighted by Crippen LogP contribution is 2.27. The second-order valence-corrected chi connectivity index (χ2v) is 9.71. The number of hydrogen-bond acceptors (Lipinski definition) is 4. The SMILES string of the molecule is Cc1ccc(C(=O)c2cc(N(Cc3ccc[nH]3)S(=O)(=O)C(C)CO)ccc2C)cc1. The minimum Gasteiger partial charge on any atom is -0.395 e. The van der Waals surface area contributed by atoms with E-state index in [4.69, 9.17) is 0 Å². The summed E-state index contributed by atoms with van der Waals surface area (Å²) in [6.07, 6.45) is 1.72. The highest BCUT2D eigenvalue weighted by atomic mass is 32.2. The Kier molecular flexibility index (Phi) is 6.43. The van der Waals surface area contributed by atoms with Gasteiger partial charge >= 0.3 is 0 Å². The standard InChI is InChI=1S/C23H26N2O4S/c1-16-6-9-19(10-7-16)23(27)22-13-21(11-8-17(22)2)25(14-20-5-4-12-24-20)30(28,29)18(3)15-26/h4-13,18,24,26H,14-15H2,1-3H3. The first kappa shape index (κ1) is 21.8. The number of aromatic amines is 1. The predicted molar refractivity (Wildman–Crippen MR) is 118 cm³/mol. The molecule has 0 saturated heterocycles. The van der Waals surface area contributed by atoms with Gasteiger partial charge in [-0.15, -0.1) is 0 Å². The lowest BCUT2D eigenvalue weighted by Gasteiger charge is -2.27. The first-order valence-electron chi connectivity index (χ1n) is 9.70. The number of anilines is 1. The van der Waals surface area contributed by atoms with Crippen molar-refractivity contribution in [2.24, 2.45) is 0 Å². The van der Waals surface area contributed by atoms with Gasteiger partial charge in [0.1, 0.15) is 5.25 Å². The van der Waals surface area contributed by atoms with E-state index in [-0.39, 0.29) is 12.3 Å². The van der Waals surface area contributed by atoms with Crippen molar-refractivity contribution in [3.63, 3.8) is 0 Å². The van der Waals surface area contributed by atoms with Crippen LogP contribution in [0.2, 0.25) is 0 Å². The van der Waals surface area contributed by atoms with E-state index in [1.807, 2.05) is 26.0 Å². The molecule has 6 nitrogen and oxygen atoms in total. The van der Waals surface area contributed by atoms with Crippen molar-refractivity contribution >= 4 is 21.5 Å². The number of aliphatic hydroxyl groups is 1. The fourth-order valence-electron chi connectivity index (χ4n) is 3.13. The number of aromatic nitrogens is 1. The topological polar surface area (TPSA) is 90.5 Å². The summed E-state index contributed by atoms with van der Waals surface area (Å²) in [6.45, 7) is 4.81. The van der Waals surface area contributed by atoms with Gasteiger partial charge in [0.05, 0.1) is 18.8 Å². The number of benzene rings is 2. The number of H-pyrrole nitrogens is 1. The number of rotatable bonds is 8. The lowest BCUT2D eigenvalue weighted by Crippen LogP contribution is -2.39. The molecule has 2 N–H and O–H groups in total. The molecule has 0 amide bonds. The van der Waals surface area contributed by atoms with E-state index < -0.39 is 21.9 Å². The van der Waals surface area contributed by atoms with Crippen LogP contribution in [0.25, 0.3) is 0 Å². The number of aliphatic hydroxyl groups excluding tert-OH is 1. The molecule has 7 heteroatoms. The average molecular weight is 427 g/mol. The van der Waals surface area contributed by atoms with E-state index in [0.717, 1.165) is 11.1 Å². The maximum absolute atomic E-state index is 13.1. The largest absolute Gasteiger partial charge is 0.395 e. The fourth-order valence-corrected chi connectivity index (χ4v) is 4.48. The van der Waals surface area contributed by atoms with Crippen molar-refractivity contribution in [2.75, 3.05) is 10.9 Å². The lowest BCUT2D eigenvalue weighted by atomic mass is 9.98. The Morgan fingerprint density at radius 2 is 1.80 bits per heavy atom. The summed E-state index contributed by atoms with van der Waals surface area (Å²) < 4.78 is 27.5. The summed E-state index contributed by atoms with van der Waals surface area (Å²) in [6, 6.07) is 15.9. The summed E-state index contributed by atoms with van der Waals surface area (Å²) in [5.41, 5.74) is 3.89. The number of carbonyl (C=O) groups excluding carboxylic acids is 1. The van der Waals surface area contributed by atoms with Crippen LogP contribution in [0.1, 0.15) is 39.7 Å². The number of aryl methyl sites for hydroxylation is 2. The van der Waals surface area contributed by atoms with E-state index in [2.05, 4.69) is 4.98 Å². The van der Waals surface area contributed by atoms with Crippen LogP contribution in [0.15, 0.2) is 60.8 Å². The van der Waals surface area contributed by atoms with E-state index >= 15 is 0 Å². The third-order valence-corrected chi connectivity index (χ3v) is 7.24. The highest BCUT2D eigenvalue weighted by Gasteiger charge is 2.30. The second kappa shape index (κ2) is 8.85. The van der Waals surface area contributed by atoms with Gasteiger partial charge in [-0.05, 0) is 50.6 Å². The van der Waals surface area contributed by atoms with Crippen LogP contribution in [0, 0.1) is 13.8 Å². The Bertz CT molecular complexity index is 1120. The molecular formula is C23H26N2O4S. The lowest BCUT2D eigenvalue weighted by molar-refractivity contribution is 0.103. The van der Waals surface area contributed by atoms with Crippen molar-refractivity contribution in [1.29, 1.82) is 0 Å². The fraction of sp³-hybridized carbons (Fsp3) is 0.261. The van der Waals surface area contributed by atoms with Crippen LogP contribution in [0.5, 0.6) is 0 Å². The minimum atomic E-state index is -3.85. The molecular weight excluding hydrogens is 400 g/mol. The number of nitrogens with one attached hydrogen (secondary N) is 1. The van der Waals surface area contributed by atoms with Gasteiger partial charge < -0.3 is 10.1 Å². The zero-order valence-electron chi connectivity index (χ0n) is 17.3. The molecule has 3 rings (SSSR count). The van der Waals surface area contributed by atoms with Crippen LogP contribution < -0.4 is 4.31 Å². The predicted octanol–water partition coefficient (Wildman–Crippen LogP) is 3.58. The van der Waals surface area contributed by atoms with Crippen molar-refractivity contribution in [3.8, 4) is 0 Å². The molecule has 3 aromatic rings. The van der Waals surface area contributed by atoms with Gasteiger partial charge in [0, 0.05) is 23.0 Å². The molecule has 2 aromatic carbocycles. The molecule has 0 bridgehead atoms. The van der Waals surface area contributed by atoms with E-state index in [0.29, 0.717) is 22.5 Å². The smallest absolute Gasteiger partial charge is 0.240 e. The Hall–Kier alpha value is -2.90. The van der Waals surface area contributed by atoms with Gasteiger partial charge in [-0.3, -0.25) is 9.10 Å². The molecule has 30 heavy (non-hydrogen) atoms. The molecule has 1 unspecified atom stereocenters. The van der Waals surface area contributed by atoms with E-state index in [9.17, 15) is 18.3 Å². The summed E-state index contributed by atoms with van der Waals surface area (Å²) in [4.78, 5) is 16.1. The van der Waals surface area contributed by atoms with Gasteiger partial charge in [-0.2, -0.15) is 0 Å². The van der Waals surface area contributed by atoms with Crippen LogP contribution in [-0.2, 0) is 16.6 Å². The number of nitrogens with zero attached hydrogens (tertiary/aromatic N) is 1. The number of hydrogen-bond donors (Lipinski definition) is 2. The Morgan fingerprint density at radius 3 is 2.40 bits per heavy atom. The summed E-state index contributed by atoms with van der Waals surface area (Å²) in [5.74, 6) is -0.165. The van der Waals surface area contributed by atoms with Crippen LogP contribution in [0.3, 0.4) is 0 Å². The average Bonchev–Trinajstić information content (AvgIpc) is 3.25. The molecule has 0 saturated carbocycles. The van der Waals surface area contributed by atoms with Crippen molar-refractivity contribution in [2.45, 2.75) is 32.6 Å². The van der Waals surface area contributed by atoms with E-state index in [1.165, 1.54) is 11.2 Å². The normalized spacial score (nSPS) is 12.5. The van der Waals surface area contributed by atoms with Gasteiger partial charge in [0.2, 0.25) is 10.0 Å². The number of ketones is 1. The minimum absolute atomic E-state index is 0.0703. The van der Waals surface area contributed by atoms with Crippen molar-refractivity contribution in [1.82, 2.24) is 4.98 Å². The molecule has 0 aliphatic heterocycles. The van der Waals surface area contributed by atoms with Crippen LogP contribution >= 0.6 is 0 Å². The summed E-state index contributed by atoms with van der Waals surface area (Å²) >= 11 is 0. The van der Waals surface area contributed by atoms with Gasteiger partial charge in [-0.1, -0.05) is 35.9 Å². The Labute approximate surface area is 177 Å². The molecule has 1 heterocycles. The third-order valence-electron chi connectivity index (χ3n) is 5.12. The quantitative estimate of drug-likeness (QED) is 0.539. The van der Waals surface area contributed by atoms with Gasteiger partial charge in [0.15, 0.2) is 5.78 Å².